The molecule has 0 saturated carbocycles. The molecule has 0 aliphatic heterocycles. The lowest BCUT2D eigenvalue weighted by Gasteiger charge is -2.07. The fraction of sp³-hybridized carbons (Fsp3) is 0.118. The molecule has 2 aromatic rings. The lowest BCUT2D eigenvalue weighted by atomic mass is 10.2. The Bertz CT molecular complexity index is 745. The molecule has 7 heteroatoms. The molecule has 3 N–H and O–H groups in total. The number of anilines is 1. The fourth-order valence-electron chi connectivity index (χ4n) is 1.77. The van der Waals surface area contributed by atoms with Crippen LogP contribution in [-0.4, -0.2) is 24.7 Å². The second kappa shape index (κ2) is 8.69. The highest BCUT2D eigenvalue weighted by atomic mass is 35.5. The minimum absolute atomic E-state index is 0.197. The maximum atomic E-state index is 11.7. The molecule has 0 aromatic heterocycles. The molecular formula is C17H17ClN4O2. The summed E-state index contributed by atoms with van der Waals surface area (Å²) in [4.78, 5) is 23.3. The van der Waals surface area contributed by atoms with E-state index in [9.17, 15) is 9.59 Å². The summed E-state index contributed by atoms with van der Waals surface area (Å²) in [7, 11) is 0. The van der Waals surface area contributed by atoms with Gasteiger partial charge in [0.15, 0.2) is 0 Å². The molecule has 2 rings (SSSR count). The van der Waals surface area contributed by atoms with Crippen molar-refractivity contribution in [2.24, 2.45) is 5.10 Å². The lowest BCUT2D eigenvalue weighted by molar-refractivity contribution is -0.120. The number of aryl methyl sites for hydroxylation is 1. The van der Waals surface area contributed by atoms with E-state index in [4.69, 9.17) is 11.6 Å². The number of amides is 3. The van der Waals surface area contributed by atoms with E-state index >= 15 is 0 Å². The number of carbonyl (C=O) groups excluding carboxylic acids is 2. The number of nitrogens with one attached hydrogen (secondary N) is 3. The van der Waals surface area contributed by atoms with Crippen LogP contribution >= 0.6 is 11.6 Å². The molecule has 0 unspecified atom stereocenters. The van der Waals surface area contributed by atoms with Gasteiger partial charge >= 0.3 is 6.03 Å². The third-order valence-electron chi connectivity index (χ3n) is 2.97. The van der Waals surface area contributed by atoms with E-state index in [1.807, 2.05) is 31.2 Å². The summed E-state index contributed by atoms with van der Waals surface area (Å²) in [6.07, 6.45) is 1.53. The monoisotopic (exact) mass is 344 g/mol. The molecule has 2 aromatic carbocycles. The van der Waals surface area contributed by atoms with E-state index in [0.717, 1.165) is 11.1 Å². The Labute approximate surface area is 144 Å². The molecule has 0 saturated heterocycles. The summed E-state index contributed by atoms with van der Waals surface area (Å²) in [5.74, 6) is -0.431. The summed E-state index contributed by atoms with van der Waals surface area (Å²) in [6, 6.07) is 13.9. The van der Waals surface area contributed by atoms with E-state index in [0.29, 0.717) is 10.7 Å². The quantitative estimate of drug-likeness (QED) is 0.575. The molecule has 0 heterocycles. The molecule has 0 spiro atoms. The first-order valence-electron chi connectivity index (χ1n) is 7.22. The molecule has 0 aliphatic rings. The van der Waals surface area contributed by atoms with Gasteiger partial charge in [0.1, 0.15) is 6.54 Å². The number of urea groups is 1. The maximum absolute atomic E-state index is 11.7. The third kappa shape index (κ3) is 6.10. The Kier molecular flexibility index (Phi) is 6.33. The number of halogens is 1. The van der Waals surface area contributed by atoms with Crippen molar-refractivity contribution >= 4 is 35.4 Å². The van der Waals surface area contributed by atoms with Crippen molar-refractivity contribution in [2.75, 3.05) is 11.9 Å². The normalized spacial score (nSPS) is 10.4. The summed E-state index contributed by atoms with van der Waals surface area (Å²) in [5, 5.41) is 9.34. The Morgan fingerprint density at radius 3 is 2.62 bits per heavy atom. The van der Waals surface area contributed by atoms with Crippen molar-refractivity contribution in [1.82, 2.24) is 10.7 Å². The Morgan fingerprint density at radius 1 is 1.17 bits per heavy atom. The highest BCUT2D eigenvalue weighted by molar-refractivity contribution is 6.30. The smallest absolute Gasteiger partial charge is 0.319 e. The van der Waals surface area contributed by atoms with Crippen LogP contribution in [0.4, 0.5) is 10.5 Å². The minimum atomic E-state index is -0.505. The number of benzene rings is 2. The van der Waals surface area contributed by atoms with Crippen molar-refractivity contribution in [3.05, 3.63) is 64.7 Å². The number of hydrogen-bond acceptors (Lipinski definition) is 3. The van der Waals surface area contributed by atoms with Gasteiger partial charge in [0, 0.05) is 10.7 Å². The fourth-order valence-corrected chi connectivity index (χ4v) is 1.96. The summed E-state index contributed by atoms with van der Waals surface area (Å²) >= 11 is 5.82. The van der Waals surface area contributed by atoms with Crippen LogP contribution in [0.2, 0.25) is 5.02 Å². The van der Waals surface area contributed by atoms with E-state index in [2.05, 4.69) is 21.2 Å². The van der Waals surface area contributed by atoms with Crippen molar-refractivity contribution in [3.8, 4) is 0 Å². The van der Waals surface area contributed by atoms with E-state index < -0.39 is 11.9 Å². The number of hydrazone groups is 1. The predicted octanol–water partition coefficient (Wildman–Crippen LogP) is 2.92. The second-order valence-corrected chi connectivity index (χ2v) is 5.46. The zero-order valence-corrected chi connectivity index (χ0v) is 13.8. The largest absolute Gasteiger partial charge is 0.329 e. The predicted molar refractivity (Wildman–Crippen MR) is 95.4 cm³/mol. The Balaban J connectivity index is 1.72. The minimum Gasteiger partial charge on any atom is -0.329 e. The molecule has 0 fully saturated rings. The van der Waals surface area contributed by atoms with Gasteiger partial charge in [0.25, 0.3) is 5.91 Å². The molecule has 24 heavy (non-hydrogen) atoms. The zero-order valence-electron chi connectivity index (χ0n) is 13.0. The molecule has 0 atom stereocenters. The van der Waals surface area contributed by atoms with E-state index in [-0.39, 0.29) is 6.54 Å². The van der Waals surface area contributed by atoms with Gasteiger partial charge in [0.2, 0.25) is 0 Å². The number of hydrogen-bond donors (Lipinski definition) is 3. The third-order valence-corrected chi connectivity index (χ3v) is 3.21. The van der Waals surface area contributed by atoms with Crippen molar-refractivity contribution in [3.63, 3.8) is 0 Å². The summed E-state index contributed by atoms with van der Waals surface area (Å²) in [6.45, 7) is 1.79. The molecule has 124 valence electrons. The van der Waals surface area contributed by atoms with Gasteiger partial charge < -0.3 is 10.6 Å². The number of carbonyl (C=O) groups is 2. The molecular weight excluding hydrogens is 328 g/mol. The Morgan fingerprint density at radius 2 is 1.92 bits per heavy atom. The van der Waals surface area contributed by atoms with Crippen LogP contribution in [0.1, 0.15) is 11.1 Å². The van der Waals surface area contributed by atoms with Gasteiger partial charge in [-0.1, -0.05) is 47.5 Å². The van der Waals surface area contributed by atoms with Crippen LogP contribution in [0.5, 0.6) is 0 Å². The van der Waals surface area contributed by atoms with Crippen LogP contribution in [0.15, 0.2) is 53.6 Å². The second-order valence-electron chi connectivity index (χ2n) is 5.02. The van der Waals surface area contributed by atoms with Gasteiger partial charge in [-0.15, -0.1) is 0 Å². The van der Waals surface area contributed by atoms with Gasteiger partial charge in [-0.05, 0) is 30.7 Å². The van der Waals surface area contributed by atoms with Crippen LogP contribution in [0.3, 0.4) is 0 Å². The molecule has 6 nitrogen and oxygen atoms in total. The van der Waals surface area contributed by atoms with Gasteiger partial charge in [-0.3, -0.25) is 4.79 Å². The first-order valence-corrected chi connectivity index (χ1v) is 7.60. The molecule has 0 aliphatic carbocycles. The average Bonchev–Trinajstić information content (AvgIpc) is 2.55. The van der Waals surface area contributed by atoms with Gasteiger partial charge in [0.05, 0.1) is 6.21 Å². The number of rotatable bonds is 5. The SMILES string of the molecule is Cc1ccc(/C=N/NC(=O)CNC(=O)Nc2cccc(Cl)c2)cc1. The van der Waals surface area contributed by atoms with Crippen LogP contribution < -0.4 is 16.1 Å². The first kappa shape index (κ1) is 17.5. The van der Waals surface area contributed by atoms with E-state index in [1.54, 1.807) is 24.3 Å². The topological polar surface area (TPSA) is 82.6 Å². The standard InChI is InChI=1S/C17H17ClN4O2/c1-12-5-7-13(8-6-12)10-20-22-16(23)11-19-17(24)21-15-4-2-3-14(18)9-15/h2-10H,11H2,1H3,(H,22,23)(H2,19,21,24)/b20-10+. The summed E-state index contributed by atoms with van der Waals surface area (Å²) in [5.41, 5.74) is 4.89. The summed E-state index contributed by atoms with van der Waals surface area (Å²) < 4.78 is 0. The average molecular weight is 345 g/mol. The van der Waals surface area contributed by atoms with Crippen molar-refractivity contribution < 1.29 is 9.59 Å². The maximum Gasteiger partial charge on any atom is 0.319 e. The van der Waals surface area contributed by atoms with Crippen LogP contribution in [-0.2, 0) is 4.79 Å². The highest BCUT2D eigenvalue weighted by Gasteiger charge is 2.05. The lowest BCUT2D eigenvalue weighted by Crippen LogP contribution is -2.37. The van der Waals surface area contributed by atoms with Crippen LogP contribution in [0, 0.1) is 6.92 Å². The first-order chi connectivity index (χ1) is 11.5. The Hall–Kier alpha value is -2.86. The molecule has 3 amide bonds. The zero-order chi connectivity index (χ0) is 17.4. The van der Waals surface area contributed by atoms with Gasteiger partial charge in [-0.2, -0.15) is 5.10 Å². The highest BCUT2D eigenvalue weighted by Crippen LogP contribution is 2.14. The van der Waals surface area contributed by atoms with E-state index in [1.165, 1.54) is 6.21 Å². The van der Waals surface area contributed by atoms with Crippen molar-refractivity contribution in [1.29, 1.82) is 0 Å². The molecule has 0 bridgehead atoms. The van der Waals surface area contributed by atoms with Gasteiger partial charge in [-0.25, -0.2) is 10.2 Å². The van der Waals surface area contributed by atoms with Crippen molar-refractivity contribution in [2.45, 2.75) is 6.92 Å². The van der Waals surface area contributed by atoms with Crippen LogP contribution in [0.25, 0.3) is 0 Å². The number of nitrogens with zero attached hydrogens (tertiary/aromatic N) is 1. The molecule has 0 radical (unpaired) electrons.